The average molecular weight is 322 g/mol. The van der Waals surface area contributed by atoms with Crippen LogP contribution in [0.25, 0.3) is 0 Å². The zero-order valence-electron chi connectivity index (χ0n) is 13.4. The van der Waals surface area contributed by atoms with Crippen molar-refractivity contribution < 1.29 is 9.59 Å². The second kappa shape index (κ2) is 8.44. The number of nitriles is 1. The Morgan fingerprint density at radius 3 is 2.62 bits per heavy atom. The molecule has 24 heavy (non-hydrogen) atoms. The first kappa shape index (κ1) is 17.2. The molecule has 0 saturated carbocycles. The minimum Gasteiger partial charge on any atom is -0.352 e. The second-order valence-corrected chi connectivity index (χ2v) is 5.22. The number of anilines is 1. The predicted molar refractivity (Wildman–Crippen MR) is 90.6 cm³/mol. The molecule has 6 nitrogen and oxygen atoms in total. The summed E-state index contributed by atoms with van der Waals surface area (Å²) in [5, 5.41) is 14.4. The predicted octanol–water partition coefficient (Wildman–Crippen LogP) is 2.74. The van der Waals surface area contributed by atoms with Crippen LogP contribution in [0.5, 0.6) is 0 Å². The van der Waals surface area contributed by atoms with Gasteiger partial charge in [-0.25, -0.2) is 0 Å². The van der Waals surface area contributed by atoms with Crippen molar-refractivity contribution in [2.24, 2.45) is 0 Å². The molecule has 0 spiro atoms. The van der Waals surface area contributed by atoms with E-state index in [1.54, 1.807) is 24.3 Å². The van der Waals surface area contributed by atoms with Crippen LogP contribution in [-0.4, -0.2) is 23.3 Å². The molecule has 2 rings (SSSR count). The normalized spacial score (nSPS) is 9.83. The highest BCUT2D eigenvalue weighted by atomic mass is 16.2. The van der Waals surface area contributed by atoms with Crippen molar-refractivity contribution >= 4 is 17.5 Å². The van der Waals surface area contributed by atoms with Crippen LogP contribution in [0.15, 0.2) is 42.7 Å². The third kappa shape index (κ3) is 4.65. The number of benzene rings is 1. The molecule has 0 aliphatic carbocycles. The van der Waals surface area contributed by atoms with Gasteiger partial charge in [0.2, 0.25) is 0 Å². The number of hydrogen-bond acceptors (Lipinski definition) is 4. The van der Waals surface area contributed by atoms with Crippen molar-refractivity contribution in [3.8, 4) is 6.07 Å². The Hall–Kier alpha value is -3.20. The summed E-state index contributed by atoms with van der Waals surface area (Å²) in [5.74, 6) is -0.641. The third-order valence-corrected chi connectivity index (χ3v) is 3.33. The van der Waals surface area contributed by atoms with Gasteiger partial charge in [0, 0.05) is 24.6 Å². The zero-order chi connectivity index (χ0) is 17.4. The first-order chi connectivity index (χ1) is 11.6. The zero-order valence-corrected chi connectivity index (χ0v) is 13.4. The Labute approximate surface area is 140 Å². The van der Waals surface area contributed by atoms with Gasteiger partial charge in [0.15, 0.2) is 0 Å². The summed E-state index contributed by atoms with van der Waals surface area (Å²) in [6.07, 6.45) is 4.71. The molecule has 0 fully saturated rings. The number of unbranched alkanes of at least 4 members (excludes halogenated alkanes) is 1. The van der Waals surface area contributed by atoms with E-state index in [1.165, 1.54) is 18.5 Å². The molecular formula is C18H18N4O2. The summed E-state index contributed by atoms with van der Waals surface area (Å²) in [6.45, 7) is 2.63. The molecule has 6 heteroatoms. The number of rotatable bonds is 6. The van der Waals surface area contributed by atoms with Crippen molar-refractivity contribution in [2.45, 2.75) is 19.8 Å². The van der Waals surface area contributed by atoms with Crippen molar-refractivity contribution in [1.82, 2.24) is 10.3 Å². The van der Waals surface area contributed by atoms with Crippen molar-refractivity contribution in [3.63, 3.8) is 0 Å². The summed E-state index contributed by atoms with van der Waals surface area (Å²) >= 11 is 0. The molecule has 0 atom stereocenters. The van der Waals surface area contributed by atoms with Crippen molar-refractivity contribution in [2.75, 3.05) is 11.9 Å². The molecule has 0 aliphatic heterocycles. The fourth-order valence-corrected chi connectivity index (χ4v) is 2.04. The van der Waals surface area contributed by atoms with E-state index >= 15 is 0 Å². The molecule has 2 N–H and O–H groups in total. The molecule has 2 amide bonds. The number of aromatic nitrogens is 1. The number of nitrogens with zero attached hydrogens (tertiary/aromatic N) is 2. The fraction of sp³-hybridized carbons (Fsp3) is 0.222. The highest BCUT2D eigenvalue weighted by Gasteiger charge is 2.11. The molecule has 0 radical (unpaired) electrons. The van der Waals surface area contributed by atoms with Gasteiger partial charge in [-0.2, -0.15) is 5.26 Å². The van der Waals surface area contributed by atoms with Crippen molar-refractivity contribution in [1.29, 1.82) is 5.26 Å². The highest BCUT2D eigenvalue weighted by molar-refractivity contribution is 6.05. The van der Waals surface area contributed by atoms with Crippen LogP contribution in [0.4, 0.5) is 5.69 Å². The Balaban J connectivity index is 2.08. The van der Waals surface area contributed by atoms with Crippen LogP contribution < -0.4 is 10.6 Å². The summed E-state index contributed by atoms with van der Waals surface area (Å²) in [6, 6.07) is 10.1. The molecular weight excluding hydrogens is 304 g/mol. The van der Waals surface area contributed by atoms with Gasteiger partial charge >= 0.3 is 0 Å². The molecule has 122 valence electrons. The standard InChI is InChI=1S/C18H18N4O2/c1-2-3-7-21-17(23)14-9-15(12-20-11-14)18(24)22-16-6-4-5-13(8-16)10-19/h4-6,8-9,11-12H,2-3,7H2,1H3,(H,21,23)(H,22,24). The van der Waals surface area contributed by atoms with Crippen LogP contribution in [-0.2, 0) is 0 Å². The monoisotopic (exact) mass is 322 g/mol. The van der Waals surface area contributed by atoms with Gasteiger partial charge in [-0.3, -0.25) is 14.6 Å². The maximum Gasteiger partial charge on any atom is 0.257 e. The summed E-state index contributed by atoms with van der Waals surface area (Å²) in [4.78, 5) is 28.3. The summed E-state index contributed by atoms with van der Waals surface area (Å²) < 4.78 is 0. The summed E-state index contributed by atoms with van der Waals surface area (Å²) in [7, 11) is 0. The fourth-order valence-electron chi connectivity index (χ4n) is 2.04. The Morgan fingerprint density at radius 1 is 1.17 bits per heavy atom. The first-order valence-electron chi connectivity index (χ1n) is 7.68. The largest absolute Gasteiger partial charge is 0.352 e. The van der Waals surface area contributed by atoms with Crippen LogP contribution in [0.2, 0.25) is 0 Å². The van der Waals surface area contributed by atoms with E-state index in [1.807, 2.05) is 13.0 Å². The number of carbonyl (C=O) groups excluding carboxylic acids is 2. The molecule has 1 heterocycles. The lowest BCUT2D eigenvalue weighted by Gasteiger charge is -2.07. The topological polar surface area (TPSA) is 94.9 Å². The SMILES string of the molecule is CCCCNC(=O)c1cncc(C(=O)Nc2cccc(C#N)c2)c1. The minimum absolute atomic E-state index is 0.253. The number of nitrogens with one attached hydrogen (secondary N) is 2. The third-order valence-electron chi connectivity index (χ3n) is 3.33. The van der Waals surface area contributed by atoms with Gasteiger partial charge in [-0.1, -0.05) is 19.4 Å². The lowest BCUT2D eigenvalue weighted by atomic mass is 10.1. The van der Waals surface area contributed by atoms with Gasteiger partial charge in [-0.15, -0.1) is 0 Å². The van der Waals surface area contributed by atoms with E-state index in [0.29, 0.717) is 23.4 Å². The van der Waals surface area contributed by atoms with Crippen LogP contribution >= 0.6 is 0 Å². The molecule has 1 aromatic heterocycles. The smallest absolute Gasteiger partial charge is 0.257 e. The van der Waals surface area contributed by atoms with Gasteiger partial charge < -0.3 is 10.6 Å². The van der Waals surface area contributed by atoms with E-state index in [0.717, 1.165) is 12.8 Å². The first-order valence-corrected chi connectivity index (χ1v) is 7.68. The minimum atomic E-state index is -0.388. The van der Waals surface area contributed by atoms with Gasteiger partial charge in [-0.05, 0) is 30.7 Å². The maximum atomic E-state index is 12.3. The molecule has 2 aromatic rings. The van der Waals surface area contributed by atoms with Crippen LogP contribution in [0.3, 0.4) is 0 Å². The van der Waals surface area contributed by atoms with Gasteiger partial charge in [0.1, 0.15) is 0 Å². The maximum absolute atomic E-state index is 12.3. The number of carbonyl (C=O) groups is 2. The molecule has 1 aromatic carbocycles. The Morgan fingerprint density at radius 2 is 1.92 bits per heavy atom. The van der Waals surface area contributed by atoms with E-state index in [4.69, 9.17) is 5.26 Å². The van der Waals surface area contributed by atoms with E-state index < -0.39 is 0 Å². The molecule has 0 unspecified atom stereocenters. The van der Waals surface area contributed by atoms with E-state index in [9.17, 15) is 9.59 Å². The van der Waals surface area contributed by atoms with E-state index in [-0.39, 0.29) is 17.4 Å². The Bertz CT molecular complexity index is 781. The molecule has 0 saturated heterocycles. The van der Waals surface area contributed by atoms with Gasteiger partial charge in [0.25, 0.3) is 11.8 Å². The quantitative estimate of drug-likeness (QED) is 0.799. The Kier molecular flexibility index (Phi) is 6.03. The van der Waals surface area contributed by atoms with Crippen molar-refractivity contribution in [3.05, 3.63) is 59.4 Å². The average Bonchev–Trinajstić information content (AvgIpc) is 2.62. The van der Waals surface area contributed by atoms with Gasteiger partial charge in [0.05, 0.1) is 22.8 Å². The number of hydrogen-bond donors (Lipinski definition) is 2. The second-order valence-electron chi connectivity index (χ2n) is 5.22. The van der Waals surface area contributed by atoms with E-state index in [2.05, 4.69) is 15.6 Å². The lowest BCUT2D eigenvalue weighted by molar-refractivity contribution is 0.0953. The summed E-state index contributed by atoms with van der Waals surface area (Å²) in [5.41, 5.74) is 1.58. The highest BCUT2D eigenvalue weighted by Crippen LogP contribution is 2.12. The van der Waals surface area contributed by atoms with Crippen LogP contribution in [0.1, 0.15) is 46.0 Å². The number of amides is 2. The number of pyridine rings is 1. The van der Waals surface area contributed by atoms with Crippen LogP contribution in [0, 0.1) is 11.3 Å². The molecule has 0 bridgehead atoms. The lowest BCUT2D eigenvalue weighted by Crippen LogP contribution is -2.25. The molecule has 0 aliphatic rings.